The maximum Gasteiger partial charge on any atom is 0.254 e. The first-order valence-electron chi connectivity index (χ1n) is 16.6. The van der Waals surface area contributed by atoms with Gasteiger partial charge in [0.25, 0.3) is 5.91 Å². The summed E-state index contributed by atoms with van der Waals surface area (Å²) < 4.78 is 19.8. The van der Waals surface area contributed by atoms with Gasteiger partial charge in [-0.2, -0.15) is 0 Å². The summed E-state index contributed by atoms with van der Waals surface area (Å²) in [6.45, 7) is 4.75. The molecule has 5 nitrogen and oxygen atoms in total. The number of hydrogen-bond acceptors (Lipinski definition) is 3. The van der Waals surface area contributed by atoms with Gasteiger partial charge in [-0.05, 0) is 55.0 Å². The Morgan fingerprint density at radius 3 is 2.24 bits per heavy atom. The molecule has 2 amide bonds. The van der Waals surface area contributed by atoms with Crippen molar-refractivity contribution in [2.75, 3.05) is 19.8 Å². The second kappa shape index (κ2) is 20.2. The Labute approximate surface area is 253 Å². The van der Waals surface area contributed by atoms with Crippen LogP contribution in [0.1, 0.15) is 125 Å². The highest BCUT2D eigenvalue weighted by atomic mass is 19.1. The Balaban J connectivity index is 1.22. The summed E-state index contributed by atoms with van der Waals surface area (Å²) in [5.41, 5.74) is 2.78. The molecular formula is C36H53FN2O3. The zero-order chi connectivity index (χ0) is 29.8. The van der Waals surface area contributed by atoms with Crippen LogP contribution in [0.25, 0.3) is 0 Å². The molecule has 1 atom stereocenters. The van der Waals surface area contributed by atoms with Crippen molar-refractivity contribution in [3.05, 3.63) is 71.0 Å². The Hall–Kier alpha value is -2.73. The number of carbonyl (C=O) groups excluding carboxylic acids is 2. The van der Waals surface area contributed by atoms with Crippen LogP contribution in [0.5, 0.6) is 0 Å². The SMILES string of the molecule is CCCCCCCCNC(=O)CCCCCCCCCCOCC1Cc2ccccc2CN1C(=O)c1cccc(F)c1. The first-order chi connectivity index (χ1) is 20.6. The Morgan fingerprint density at radius 1 is 0.833 bits per heavy atom. The second-order valence-electron chi connectivity index (χ2n) is 11.8. The van der Waals surface area contributed by atoms with E-state index in [1.54, 1.807) is 12.1 Å². The summed E-state index contributed by atoms with van der Waals surface area (Å²) >= 11 is 0. The van der Waals surface area contributed by atoms with Crippen LogP contribution in [-0.4, -0.2) is 42.5 Å². The number of hydrogen-bond donors (Lipinski definition) is 1. The van der Waals surface area contributed by atoms with Crippen molar-refractivity contribution in [1.29, 1.82) is 0 Å². The van der Waals surface area contributed by atoms with E-state index in [4.69, 9.17) is 4.74 Å². The molecule has 232 valence electrons. The molecule has 0 radical (unpaired) electrons. The van der Waals surface area contributed by atoms with Gasteiger partial charge in [0, 0.05) is 31.7 Å². The number of benzene rings is 2. The Kier molecular flexibility index (Phi) is 16.3. The van der Waals surface area contributed by atoms with Crippen LogP contribution in [0.4, 0.5) is 4.39 Å². The summed E-state index contributed by atoms with van der Waals surface area (Å²) in [5, 5.41) is 3.07. The largest absolute Gasteiger partial charge is 0.379 e. The van der Waals surface area contributed by atoms with Crippen molar-refractivity contribution in [2.45, 2.75) is 122 Å². The minimum atomic E-state index is -0.396. The monoisotopic (exact) mass is 580 g/mol. The smallest absolute Gasteiger partial charge is 0.254 e. The zero-order valence-electron chi connectivity index (χ0n) is 25.9. The maximum atomic E-state index is 13.8. The van der Waals surface area contributed by atoms with Crippen molar-refractivity contribution in [3.63, 3.8) is 0 Å². The van der Waals surface area contributed by atoms with Gasteiger partial charge in [-0.3, -0.25) is 9.59 Å². The summed E-state index contributed by atoms with van der Waals surface area (Å²) in [5.74, 6) is -0.332. The van der Waals surface area contributed by atoms with E-state index in [1.165, 1.54) is 75.5 Å². The molecule has 6 heteroatoms. The van der Waals surface area contributed by atoms with E-state index in [-0.39, 0.29) is 17.9 Å². The molecule has 1 heterocycles. The van der Waals surface area contributed by atoms with E-state index in [2.05, 4.69) is 24.4 Å². The van der Waals surface area contributed by atoms with Crippen molar-refractivity contribution >= 4 is 11.8 Å². The fraction of sp³-hybridized carbons (Fsp3) is 0.611. The fourth-order valence-corrected chi connectivity index (χ4v) is 5.75. The van der Waals surface area contributed by atoms with Gasteiger partial charge in [-0.15, -0.1) is 0 Å². The average Bonchev–Trinajstić information content (AvgIpc) is 3.00. The van der Waals surface area contributed by atoms with Gasteiger partial charge in [0.05, 0.1) is 12.6 Å². The third kappa shape index (κ3) is 12.6. The van der Waals surface area contributed by atoms with Crippen molar-refractivity contribution in [1.82, 2.24) is 10.2 Å². The van der Waals surface area contributed by atoms with E-state index in [0.29, 0.717) is 31.7 Å². The molecule has 2 aromatic carbocycles. The van der Waals surface area contributed by atoms with E-state index in [1.807, 2.05) is 17.0 Å². The molecule has 1 aliphatic heterocycles. The van der Waals surface area contributed by atoms with Crippen molar-refractivity contribution in [2.24, 2.45) is 0 Å². The highest BCUT2D eigenvalue weighted by Crippen LogP contribution is 2.25. The van der Waals surface area contributed by atoms with Gasteiger partial charge < -0.3 is 15.0 Å². The van der Waals surface area contributed by atoms with E-state index < -0.39 is 5.82 Å². The van der Waals surface area contributed by atoms with Gasteiger partial charge in [0.15, 0.2) is 0 Å². The molecule has 1 aliphatic rings. The number of fused-ring (bicyclic) bond motifs is 1. The average molecular weight is 581 g/mol. The minimum absolute atomic E-state index is 0.0618. The fourth-order valence-electron chi connectivity index (χ4n) is 5.75. The summed E-state index contributed by atoms with van der Waals surface area (Å²) in [6, 6.07) is 14.1. The highest BCUT2D eigenvalue weighted by molar-refractivity contribution is 5.94. The lowest BCUT2D eigenvalue weighted by Gasteiger charge is -2.37. The normalized spacial score (nSPS) is 14.5. The number of nitrogens with zero attached hydrogens (tertiary/aromatic N) is 1. The number of nitrogens with one attached hydrogen (secondary N) is 1. The molecule has 1 N–H and O–H groups in total. The third-order valence-corrected chi connectivity index (χ3v) is 8.29. The summed E-state index contributed by atoms with van der Waals surface area (Å²) in [6.07, 6.45) is 18.0. The van der Waals surface area contributed by atoms with Crippen molar-refractivity contribution < 1.29 is 18.7 Å². The number of amides is 2. The molecule has 0 saturated carbocycles. The molecule has 0 spiro atoms. The Morgan fingerprint density at radius 2 is 1.50 bits per heavy atom. The number of unbranched alkanes of at least 4 members (excludes halogenated alkanes) is 12. The second-order valence-corrected chi connectivity index (χ2v) is 11.8. The van der Waals surface area contributed by atoms with E-state index in [0.717, 1.165) is 50.6 Å². The minimum Gasteiger partial charge on any atom is -0.379 e. The topological polar surface area (TPSA) is 58.6 Å². The van der Waals surface area contributed by atoms with E-state index >= 15 is 0 Å². The van der Waals surface area contributed by atoms with Crippen molar-refractivity contribution in [3.8, 4) is 0 Å². The standard InChI is InChI=1S/C36H53FN2O3/c1-2-3-4-5-11-16-24-38-35(40)23-13-10-8-6-7-9-12-17-25-42-29-34-27-30-19-14-15-20-32(30)28-39(34)36(41)31-21-18-22-33(37)26-31/h14-15,18-22,26,34H,2-13,16-17,23-25,27-29H2,1H3,(H,38,40). The Bertz CT molecular complexity index is 1060. The molecule has 0 aromatic heterocycles. The quantitative estimate of drug-likeness (QED) is 0.151. The first kappa shape index (κ1) is 33.8. The molecule has 0 bridgehead atoms. The number of rotatable bonds is 21. The molecule has 0 aliphatic carbocycles. The van der Waals surface area contributed by atoms with Gasteiger partial charge in [0.2, 0.25) is 5.91 Å². The van der Waals surface area contributed by atoms with Crippen LogP contribution in [0, 0.1) is 5.82 Å². The van der Waals surface area contributed by atoms with Gasteiger partial charge >= 0.3 is 0 Å². The number of carbonyl (C=O) groups is 2. The molecule has 42 heavy (non-hydrogen) atoms. The highest BCUT2D eigenvalue weighted by Gasteiger charge is 2.30. The molecular weight excluding hydrogens is 527 g/mol. The molecule has 3 rings (SSSR count). The lowest BCUT2D eigenvalue weighted by Crippen LogP contribution is -2.46. The molecule has 0 saturated heterocycles. The predicted octanol–water partition coefficient (Wildman–Crippen LogP) is 8.40. The van der Waals surface area contributed by atoms with Gasteiger partial charge in [-0.1, -0.05) is 108 Å². The summed E-state index contributed by atoms with van der Waals surface area (Å²) in [4.78, 5) is 27.1. The van der Waals surface area contributed by atoms with Crippen LogP contribution in [0.15, 0.2) is 48.5 Å². The number of ether oxygens (including phenoxy) is 1. The van der Waals surface area contributed by atoms with Crippen LogP contribution in [0.2, 0.25) is 0 Å². The van der Waals surface area contributed by atoms with Crippen LogP contribution in [-0.2, 0) is 22.5 Å². The van der Waals surface area contributed by atoms with Gasteiger partial charge in [-0.25, -0.2) is 4.39 Å². The molecule has 0 fully saturated rings. The van der Waals surface area contributed by atoms with Crippen LogP contribution >= 0.6 is 0 Å². The molecule has 1 unspecified atom stereocenters. The maximum absolute atomic E-state index is 13.8. The lowest BCUT2D eigenvalue weighted by molar-refractivity contribution is -0.121. The van der Waals surface area contributed by atoms with E-state index in [9.17, 15) is 14.0 Å². The van der Waals surface area contributed by atoms with Crippen LogP contribution < -0.4 is 5.32 Å². The molecule has 2 aromatic rings. The zero-order valence-corrected chi connectivity index (χ0v) is 25.9. The lowest BCUT2D eigenvalue weighted by atomic mass is 9.93. The predicted molar refractivity (Wildman–Crippen MR) is 169 cm³/mol. The summed E-state index contributed by atoms with van der Waals surface area (Å²) in [7, 11) is 0. The first-order valence-corrected chi connectivity index (χ1v) is 16.6. The van der Waals surface area contributed by atoms with Gasteiger partial charge in [0.1, 0.15) is 5.82 Å². The third-order valence-electron chi connectivity index (χ3n) is 8.29. The van der Waals surface area contributed by atoms with Crippen LogP contribution in [0.3, 0.4) is 0 Å². The number of halogens is 1.